The van der Waals surface area contributed by atoms with Crippen LogP contribution in [-0.2, 0) is 27.2 Å². The Morgan fingerprint density at radius 2 is 1.47 bits per heavy atom. The summed E-state index contributed by atoms with van der Waals surface area (Å²) in [6.07, 6.45) is 16.5. The highest BCUT2D eigenvalue weighted by atomic mass is 16.5. The van der Waals surface area contributed by atoms with Crippen LogP contribution < -0.4 is 36.1 Å². The number of ether oxygens (including phenoxy) is 2. The summed E-state index contributed by atoms with van der Waals surface area (Å²) in [6.45, 7) is 23.9. The quantitative estimate of drug-likeness (QED) is 0.0681. The lowest BCUT2D eigenvalue weighted by molar-refractivity contribution is -0.136. The van der Waals surface area contributed by atoms with Crippen molar-refractivity contribution in [2.45, 2.75) is 144 Å². The lowest BCUT2D eigenvalue weighted by Crippen LogP contribution is -2.52. The second-order valence-corrected chi connectivity index (χ2v) is 18.5. The number of nitrogens with one attached hydrogen (secondary N) is 6. The van der Waals surface area contributed by atoms with E-state index in [4.69, 9.17) is 9.47 Å². The average molecular weight is 837 g/mol. The Kier molecular flexibility index (Phi) is 20.8. The van der Waals surface area contributed by atoms with E-state index in [2.05, 4.69) is 76.1 Å². The van der Waals surface area contributed by atoms with Crippen LogP contribution in [0.15, 0.2) is 12.5 Å². The molecule has 13 heteroatoms. The Balaban J connectivity index is 1.28. The standard InChI is InChI=1S/C47H80N8O5/c1-33(2)12-9-13-34(3)14-10-15-35(4)16-11-18-47(8)19-17-40-38(7)44(36(5)37(6)45(40)60-47)59-43(57)30-52-46(58)41(28-39-29-51-32-53-39)54-42(56)31-55-26-24-49-22-20-48-21-23-50-25-27-55/h29,32-35,41,48-50H,9-28,30-31H2,1-8H3,(H,51,53)(H,52,58)(H,54,56)/t34-,35-,41+,47-/m1/s1. The molecule has 0 radical (unpaired) electrons. The third kappa shape index (κ3) is 16.7. The number of aromatic amines is 1. The summed E-state index contributed by atoms with van der Waals surface area (Å²) in [4.78, 5) is 49.4. The molecule has 1 fully saturated rings. The van der Waals surface area contributed by atoms with E-state index in [1.54, 1.807) is 6.20 Å². The number of benzene rings is 1. The van der Waals surface area contributed by atoms with Crippen molar-refractivity contribution in [1.82, 2.24) is 41.5 Å². The Bertz CT molecular complexity index is 1610. The van der Waals surface area contributed by atoms with E-state index >= 15 is 0 Å². The van der Waals surface area contributed by atoms with Gasteiger partial charge in [-0.25, -0.2) is 9.78 Å². The van der Waals surface area contributed by atoms with Gasteiger partial charge in [-0.2, -0.15) is 0 Å². The van der Waals surface area contributed by atoms with E-state index in [-0.39, 0.29) is 31.0 Å². The number of aromatic nitrogens is 2. The van der Waals surface area contributed by atoms with E-state index < -0.39 is 17.9 Å². The molecule has 4 rings (SSSR count). The topological polar surface area (TPSA) is 162 Å². The van der Waals surface area contributed by atoms with Crippen molar-refractivity contribution >= 4 is 17.8 Å². The van der Waals surface area contributed by atoms with Crippen molar-refractivity contribution in [3.63, 3.8) is 0 Å². The average Bonchev–Trinajstić information content (AvgIpc) is 3.71. The second kappa shape index (κ2) is 25.4. The number of imidazole rings is 1. The van der Waals surface area contributed by atoms with Crippen molar-refractivity contribution in [2.75, 3.05) is 65.4 Å². The van der Waals surface area contributed by atoms with Crippen molar-refractivity contribution in [1.29, 1.82) is 0 Å². The smallest absolute Gasteiger partial charge is 0.330 e. The van der Waals surface area contributed by atoms with Gasteiger partial charge in [-0.3, -0.25) is 14.5 Å². The first-order chi connectivity index (χ1) is 28.7. The van der Waals surface area contributed by atoms with Gasteiger partial charge >= 0.3 is 5.97 Å². The van der Waals surface area contributed by atoms with Gasteiger partial charge in [0.25, 0.3) is 0 Å². The molecule has 4 atom stereocenters. The molecule has 0 aliphatic carbocycles. The van der Waals surface area contributed by atoms with Crippen LogP contribution in [-0.4, -0.2) is 110 Å². The number of amides is 2. The summed E-state index contributed by atoms with van der Waals surface area (Å²) in [6, 6.07) is -0.914. The van der Waals surface area contributed by atoms with Crippen LogP contribution in [0.5, 0.6) is 11.5 Å². The molecule has 6 N–H and O–H groups in total. The highest BCUT2D eigenvalue weighted by Crippen LogP contribution is 2.45. The molecule has 3 heterocycles. The predicted octanol–water partition coefficient (Wildman–Crippen LogP) is 5.69. The summed E-state index contributed by atoms with van der Waals surface area (Å²) >= 11 is 0. The maximum absolute atomic E-state index is 13.6. The zero-order chi connectivity index (χ0) is 43.5. The molecule has 0 unspecified atom stereocenters. The van der Waals surface area contributed by atoms with E-state index in [9.17, 15) is 14.4 Å². The summed E-state index contributed by atoms with van der Waals surface area (Å²) in [5.74, 6) is 2.47. The lowest BCUT2D eigenvalue weighted by Gasteiger charge is -2.38. The number of carbonyl (C=O) groups excluding carboxylic acids is 3. The molecule has 1 saturated heterocycles. The number of carbonyl (C=O) groups is 3. The van der Waals surface area contributed by atoms with Crippen molar-refractivity contribution in [3.05, 3.63) is 40.5 Å². The van der Waals surface area contributed by atoms with E-state index in [0.717, 1.165) is 111 Å². The number of nitrogens with zero attached hydrogens (tertiary/aromatic N) is 2. The Hall–Kier alpha value is -3.52. The van der Waals surface area contributed by atoms with Crippen LogP contribution >= 0.6 is 0 Å². The van der Waals surface area contributed by atoms with Gasteiger partial charge in [0.1, 0.15) is 29.7 Å². The van der Waals surface area contributed by atoms with Gasteiger partial charge in [-0.1, -0.05) is 72.6 Å². The van der Waals surface area contributed by atoms with Crippen LogP contribution in [0.25, 0.3) is 0 Å². The summed E-state index contributed by atoms with van der Waals surface area (Å²) in [5.41, 5.74) is 4.28. The summed E-state index contributed by atoms with van der Waals surface area (Å²) in [7, 11) is 0. The molecule has 0 bridgehead atoms. The first-order valence-electron chi connectivity index (χ1n) is 23.2. The maximum Gasteiger partial charge on any atom is 0.330 e. The highest BCUT2D eigenvalue weighted by molar-refractivity contribution is 5.90. The molecule has 0 spiro atoms. The van der Waals surface area contributed by atoms with Crippen LogP contribution in [0, 0.1) is 38.5 Å². The number of rotatable bonds is 21. The Labute approximate surface area is 361 Å². The van der Waals surface area contributed by atoms with Gasteiger partial charge in [0.05, 0.1) is 12.9 Å². The first kappa shape index (κ1) is 49.1. The maximum atomic E-state index is 13.6. The molecule has 1 aromatic carbocycles. The van der Waals surface area contributed by atoms with Gasteiger partial charge in [0.2, 0.25) is 11.8 Å². The molecule has 2 aromatic rings. The predicted molar refractivity (Wildman–Crippen MR) is 241 cm³/mol. The van der Waals surface area contributed by atoms with Gasteiger partial charge < -0.3 is 41.0 Å². The zero-order valence-corrected chi connectivity index (χ0v) is 38.5. The minimum absolute atomic E-state index is 0.146. The van der Waals surface area contributed by atoms with E-state index in [1.165, 1.54) is 51.3 Å². The number of hydrogen-bond donors (Lipinski definition) is 6. The number of H-pyrrole nitrogens is 1. The molecule has 2 aliphatic rings. The fraction of sp³-hybridized carbons (Fsp3) is 0.745. The summed E-state index contributed by atoms with van der Waals surface area (Å²) < 4.78 is 12.8. The van der Waals surface area contributed by atoms with Crippen molar-refractivity contribution in [3.8, 4) is 11.5 Å². The first-order valence-corrected chi connectivity index (χ1v) is 23.2. The van der Waals surface area contributed by atoms with Gasteiger partial charge in [0, 0.05) is 76.2 Å². The molecule has 13 nitrogen and oxygen atoms in total. The van der Waals surface area contributed by atoms with Crippen LogP contribution in [0.2, 0.25) is 0 Å². The second-order valence-electron chi connectivity index (χ2n) is 18.5. The molecule has 2 aliphatic heterocycles. The zero-order valence-electron chi connectivity index (χ0n) is 38.5. The van der Waals surface area contributed by atoms with Crippen LogP contribution in [0.3, 0.4) is 0 Å². The van der Waals surface area contributed by atoms with E-state index in [1.807, 2.05) is 20.8 Å². The SMILES string of the molecule is Cc1c(C)c2c(c(C)c1OC(=O)CNC(=O)[C@H](Cc1cnc[nH]1)NC(=O)CN1CCNCCNCCNCC1)CC[C@@](C)(CCC[C@H](C)CCC[C@H](C)CCCC(C)C)O2. The molecule has 1 aromatic heterocycles. The lowest BCUT2D eigenvalue weighted by atomic mass is 9.83. The van der Waals surface area contributed by atoms with Gasteiger partial charge in [-0.05, 0) is 87.8 Å². The normalized spacial score (nSPS) is 19.6. The largest absolute Gasteiger partial charge is 0.487 e. The fourth-order valence-corrected chi connectivity index (χ4v) is 8.59. The highest BCUT2D eigenvalue weighted by Gasteiger charge is 2.35. The third-order valence-corrected chi connectivity index (χ3v) is 12.6. The number of esters is 1. The summed E-state index contributed by atoms with van der Waals surface area (Å²) in [5, 5.41) is 15.8. The number of fused-ring (bicyclic) bond motifs is 1. The van der Waals surface area contributed by atoms with E-state index in [0.29, 0.717) is 24.5 Å². The number of hydrogen-bond acceptors (Lipinski definition) is 10. The third-order valence-electron chi connectivity index (χ3n) is 12.6. The molecule has 338 valence electrons. The molecule has 0 saturated carbocycles. The Morgan fingerprint density at radius 3 is 2.08 bits per heavy atom. The molecular weight excluding hydrogens is 757 g/mol. The minimum Gasteiger partial charge on any atom is -0.487 e. The van der Waals surface area contributed by atoms with Gasteiger partial charge in [-0.15, -0.1) is 0 Å². The van der Waals surface area contributed by atoms with Crippen LogP contribution in [0.4, 0.5) is 0 Å². The molecule has 60 heavy (non-hydrogen) atoms. The van der Waals surface area contributed by atoms with Crippen LogP contribution in [0.1, 0.15) is 127 Å². The minimum atomic E-state index is -0.914. The monoisotopic (exact) mass is 837 g/mol. The molecule has 2 amide bonds. The van der Waals surface area contributed by atoms with Gasteiger partial charge in [0.15, 0.2) is 0 Å². The Morgan fingerprint density at radius 1 is 0.850 bits per heavy atom. The van der Waals surface area contributed by atoms with Crippen molar-refractivity contribution in [2.24, 2.45) is 17.8 Å². The molecular formula is C47H80N8O5. The fourth-order valence-electron chi connectivity index (χ4n) is 8.59. The van der Waals surface area contributed by atoms with Crippen molar-refractivity contribution < 1.29 is 23.9 Å².